The third kappa shape index (κ3) is 4.66. The number of carbonyl (C=O) groups is 1. The molecule has 0 aliphatic carbocycles. The van der Waals surface area contributed by atoms with E-state index in [1.807, 2.05) is 35.0 Å². The van der Waals surface area contributed by atoms with E-state index in [9.17, 15) is 13.2 Å². The molecule has 7 nitrogen and oxygen atoms in total. The lowest BCUT2D eigenvalue weighted by Crippen LogP contribution is -2.29. The van der Waals surface area contributed by atoms with Crippen molar-refractivity contribution in [2.75, 3.05) is 13.7 Å². The summed E-state index contributed by atoms with van der Waals surface area (Å²) < 4.78 is 29.6. The van der Waals surface area contributed by atoms with E-state index in [4.69, 9.17) is 9.88 Å². The van der Waals surface area contributed by atoms with Gasteiger partial charge in [-0.25, -0.2) is 13.6 Å². The summed E-state index contributed by atoms with van der Waals surface area (Å²) in [5, 5.41) is 8.96. The minimum atomic E-state index is -3.69. The van der Waals surface area contributed by atoms with Gasteiger partial charge in [0.15, 0.2) is 0 Å². The molecule has 0 saturated heterocycles. The van der Waals surface area contributed by atoms with Crippen molar-refractivity contribution in [1.29, 1.82) is 0 Å². The molecule has 2 aromatic carbocycles. The van der Waals surface area contributed by atoms with E-state index in [0.29, 0.717) is 13.0 Å². The molecule has 1 heterocycles. The van der Waals surface area contributed by atoms with E-state index < -0.39 is 10.0 Å². The van der Waals surface area contributed by atoms with E-state index in [-0.39, 0.29) is 17.3 Å². The first-order valence-electron chi connectivity index (χ1n) is 8.38. The Morgan fingerprint density at radius 1 is 1.15 bits per heavy atom. The second kappa shape index (κ2) is 7.81. The number of nitrogens with two attached hydrogens (primary N) is 1. The van der Waals surface area contributed by atoms with Crippen molar-refractivity contribution < 1.29 is 17.9 Å². The maximum Gasteiger partial charge on any atom is 0.239 e. The molecule has 1 aromatic heterocycles. The van der Waals surface area contributed by atoms with Crippen LogP contribution in [0.15, 0.2) is 59.6 Å². The number of aromatic nitrogens is 1. The van der Waals surface area contributed by atoms with Crippen molar-refractivity contribution in [1.82, 2.24) is 9.88 Å². The fraction of sp³-hybridized carbons (Fsp3) is 0.211. The van der Waals surface area contributed by atoms with Crippen molar-refractivity contribution in [3.05, 3.63) is 60.3 Å². The molecule has 3 N–H and O–H groups in total. The minimum Gasteiger partial charge on any atom is -0.497 e. The number of amides is 1. The van der Waals surface area contributed by atoms with Crippen molar-refractivity contribution in [3.8, 4) is 5.75 Å². The molecule has 0 atom stereocenters. The van der Waals surface area contributed by atoms with Gasteiger partial charge in [0.05, 0.1) is 12.0 Å². The predicted molar refractivity (Wildman–Crippen MR) is 103 cm³/mol. The molecule has 0 spiro atoms. The molecule has 27 heavy (non-hydrogen) atoms. The Kier molecular flexibility index (Phi) is 5.48. The van der Waals surface area contributed by atoms with Gasteiger partial charge in [0.1, 0.15) is 12.3 Å². The van der Waals surface area contributed by atoms with Crippen LogP contribution in [0.1, 0.15) is 5.56 Å². The number of hydrogen-bond acceptors (Lipinski definition) is 4. The Labute approximate surface area is 157 Å². The third-order valence-electron chi connectivity index (χ3n) is 4.28. The summed E-state index contributed by atoms with van der Waals surface area (Å²) in [6, 6.07) is 14.0. The molecule has 3 aromatic rings. The van der Waals surface area contributed by atoms with Crippen LogP contribution in [0.4, 0.5) is 0 Å². The topological polar surface area (TPSA) is 103 Å². The molecule has 8 heteroatoms. The smallest absolute Gasteiger partial charge is 0.239 e. The van der Waals surface area contributed by atoms with Crippen LogP contribution in [0.3, 0.4) is 0 Å². The molecule has 0 aliphatic rings. The van der Waals surface area contributed by atoms with Gasteiger partial charge in [0.25, 0.3) is 0 Å². The van der Waals surface area contributed by atoms with E-state index in [1.165, 1.54) is 12.1 Å². The number of fused-ring (bicyclic) bond motifs is 1. The second-order valence-electron chi connectivity index (χ2n) is 6.16. The first-order chi connectivity index (χ1) is 12.9. The van der Waals surface area contributed by atoms with Crippen molar-refractivity contribution in [3.63, 3.8) is 0 Å². The summed E-state index contributed by atoms with van der Waals surface area (Å²) in [6.45, 7) is 0.681. The summed E-state index contributed by atoms with van der Waals surface area (Å²) in [7, 11) is -2.07. The Bertz CT molecular complexity index is 1060. The maximum atomic E-state index is 12.2. The van der Waals surface area contributed by atoms with Crippen LogP contribution in [0.25, 0.3) is 10.9 Å². The van der Waals surface area contributed by atoms with E-state index in [1.54, 1.807) is 19.2 Å². The molecule has 0 saturated carbocycles. The fourth-order valence-corrected chi connectivity index (χ4v) is 3.36. The zero-order chi connectivity index (χ0) is 19.4. The average Bonchev–Trinajstić information content (AvgIpc) is 3.03. The number of nitrogens with one attached hydrogen (secondary N) is 1. The molecular formula is C19H21N3O4S. The zero-order valence-electron chi connectivity index (χ0n) is 14.9. The number of hydrogen-bond donors (Lipinski definition) is 2. The van der Waals surface area contributed by atoms with Crippen molar-refractivity contribution in [2.45, 2.75) is 17.9 Å². The number of ether oxygens (including phenoxy) is 1. The maximum absolute atomic E-state index is 12.2. The van der Waals surface area contributed by atoms with Crippen LogP contribution in [-0.2, 0) is 27.8 Å². The normalized spacial score (nSPS) is 11.5. The Balaban J connectivity index is 1.54. The van der Waals surface area contributed by atoms with Gasteiger partial charge in [0.2, 0.25) is 15.9 Å². The lowest BCUT2D eigenvalue weighted by atomic mass is 10.1. The van der Waals surface area contributed by atoms with E-state index in [2.05, 4.69) is 5.32 Å². The number of methoxy groups -OCH3 is 1. The predicted octanol–water partition coefficient (Wildman–Crippen LogP) is 1.66. The number of sulfonamides is 1. The highest BCUT2D eigenvalue weighted by molar-refractivity contribution is 7.89. The summed E-state index contributed by atoms with van der Waals surface area (Å²) in [4.78, 5) is 12.3. The van der Waals surface area contributed by atoms with Gasteiger partial charge in [-0.2, -0.15) is 0 Å². The van der Waals surface area contributed by atoms with Crippen LogP contribution in [0, 0.1) is 0 Å². The average molecular weight is 387 g/mol. The van der Waals surface area contributed by atoms with Crippen molar-refractivity contribution in [2.24, 2.45) is 5.14 Å². The van der Waals surface area contributed by atoms with Gasteiger partial charge >= 0.3 is 0 Å². The molecule has 142 valence electrons. The first kappa shape index (κ1) is 18.9. The summed E-state index contributed by atoms with van der Waals surface area (Å²) in [6.07, 6.45) is 2.47. The van der Waals surface area contributed by atoms with Crippen LogP contribution in [-0.4, -0.2) is 32.5 Å². The van der Waals surface area contributed by atoms with Gasteiger partial charge in [-0.3, -0.25) is 4.79 Å². The highest BCUT2D eigenvalue weighted by Crippen LogP contribution is 2.21. The summed E-state index contributed by atoms with van der Waals surface area (Å²) in [5.41, 5.74) is 1.88. The van der Waals surface area contributed by atoms with Gasteiger partial charge in [-0.05, 0) is 48.4 Å². The van der Waals surface area contributed by atoms with Crippen LogP contribution in [0.5, 0.6) is 5.75 Å². The van der Waals surface area contributed by atoms with Gasteiger partial charge < -0.3 is 14.6 Å². The Morgan fingerprint density at radius 2 is 1.89 bits per heavy atom. The summed E-state index contributed by atoms with van der Waals surface area (Å²) in [5.74, 6) is 0.683. The minimum absolute atomic E-state index is 0.0754. The fourth-order valence-electron chi connectivity index (χ4n) is 2.85. The third-order valence-corrected chi connectivity index (χ3v) is 5.21. The van der Waals surface area contributed by atoms with Crippen LogP contribution >= 0.6 is 0 Å². The molecule has 1 amide bonds. The molecule has 0 aliphatic heterocycles. The van der Waals surface area contributed by atoms with E-state index >= 15 is 0 Å². The monoisotopic (exact) mass is 387 g/mol. The molecule has 0 unspecified atom stereocenters. The number of benzene rings is 2. The van der Waals surface area contributed by atoms with Crippen LogP contribution < -0.4 is 15.2 Å². The zero-order valence-corrected chi connectivity index (χ0v) is 15.7. The first-order valence-corrected chi connectivity index (χ1v) is 9.93. The Morgan fingerprint density at radius 3 is 2.56 bits per heavy atom. The van der Waals surface area contributed by atoms with Gasteiger partial charge in [-0.15, -0.1) is 0 Å². The number of carbonyl (C=O) groups excluding carboxylic acids is 1. The Hall–Kier alpha value is -2.84. The molecule has 0 fully saturated rings. The number of rotatable bonds is 7. The molecule has 0 radical (unpaired) electrons. The number of primary sulfonamides is 1. The summed E-state index contributed by atoms with van der Waals surface area (Å²) >= 11 is 0. The van der Waals surface area contributed by atoms with Crippen LogP contribution in [0.2, 0.25) is 0 Å². The quantitative estimate of drug-likeness (QED) is 0.643. The lowest BCUT2D eigenvalue weighted by Gasteiger charge is -2.08. The lowest BCUT2D eigenvalue weighted by molar-refractivity contribution is -0.121. The molecule has 0 bridgehead atoms. The van der Waals surface area contributed by atoms with Gasteiger partial charge in [-0.1, -0.05) is 12.1 Å². The largest absolute Gasteiger partial charge is 0.497 e. The number of nitrogens with zero attached hydrogens (tertiary/aromatic N) is 1. The van der Waals surface area contributed by atoms with E-state index in [0.717, 1.165) is 22.2 Å². The highest BCUT2D eigenvalue weighted by atomic mass is 32.2. The van der Waals surface area contributed by atoms with Crippen molar-refractivity contribution >= 4 is 26.8 Å². The molecule has 3 rings (SSSR count). The SMILES string of the molecule is COc1ccc2c(ccn2CC(=O)NCCc2ccc(S(N)(=O)=O)cc2)c1. The highest BCUT2D eigenvalue weighted by Gasteiger charge is 2.08. The second-order valence-corrected chi connectivity index (χ2v) is 7.72. The standard InChI is InChI=1S/C19H21N3O4S/c1-26-16-4-7-18-15(12-16)9-11-22(18)13-19(23)21-10-8-14-2-5-17(6-3-14)27(20,24)25/h2-7,9,11-12H,8,10,13H2,1H3,(H,21,23)(H2,20,24,25). The van der Waals surface area contributed by atoms with Gasteiger partial charge in [0, 0.05) is 23.6 Å². The molecular weight excluding hydrogens is 366 g/mol.